The van der Waals surface area contributed by atoms with Crippen molar-refractivity contribution in [2.75, 3.05) is 12.4 Å². The molecule has 38 heavy (non-hydrogen) atoms. The molecule has 7 heteroatoms. The van der Waals surface area contributed by atoms with Gasteiger partial charge in [-0.25, -0.2) is 5.43 Å². The highest BCUT2D eigenvalue weighted by molar-refractivity contribution is 6.07. The lowest BCUT2D eigenvalue weighted by Crippen LogP contribution is -2.39. The molecular weight excluding hydrogens is 478 g/mol. The highest BCUT2D eigenvalue weighted by atomic mass is 16.5. The topological polar surface area (TPSA) is 89.0 Å². The van der Waals surface area contributed by atoms with Gasteiger partial charge in [0.05, 0.1) is 13.3 Å². The number of methoxy groups -OCH3 is 1. The lowest BCUT2D eigenvalue weighted by Gasteiger charge is -2.18. The van der Waals surface area contributed by atoms with Crippen LogP contribution >= 0.6 is 0 Å². The number of benzene rings is 4. The minimum Gasteiger partial charge on any atom is -0.497 e. The van der Waals surface area contributed by atoms with E-state index in [1.165, 1.54) is 0 Å². The number of rotatable bonds is 10. The zero-order chi connectivity index (χ0) is 26.9. The zero-order valence-electron chi connectivity index (χ0n) is 21.7. The van der Waals surface area contributed by atoms with Crippen LogP contribution in [-0.4, -0.2) is 25.1 Å². The molecule has 0 saturated carbocycles. The van der Waals surface area contributed by atoms with Crippen LogP contribution in [0.25, 0.3) is 10.8 Å². The number of nitrogens with zero attached hydrogens (tertiary/aromatic N) is 1. The van der Waals surface area contributed by atoms with Gasteiger partial charge in [-0.05, 0) is 52.6 Å². The lowest BCUT2D eigenvalue weighted by molar-refractivity contribution is -0.134. The van der Waals surface area contributed by atoms with Crippen molar-refractivity contribution in [1.29, 1.82) is 0 Å². The molecule has 0 aliphatic heterocycles. The first-order valence-electron chi connectivity index (χ1n) is 12.4. The van der Waals surface area contributed by atoms with Crippen molar-refractivity contribution >= 4 is 34.5 Å². The quantitative estimate of drug-likeness (QED) is 0.161. The predicted molar refractivity (Wildman–Crippen MR) is 150 cm³/mol. The number of hydrogen-bond acceptors (Lipinski definition) is 5. The van der Waals surface area contributed by atoms with E-state index in [-0.39, 0.29) is 5.92 Å². The molecule has 0 aromatic heterocycles. The summed E-state index contributed by atoms with van der Waals surface area (Å²) < 4.78 is 11.3. The van der Waals surface area contributed by atoms with Gasteiger partial charge in [0.25, 0.3) is 5.91 Å². The van der Waals surface area contributed by atoms with E-state index < -0.39 is 17.7 Å². The van der Waals surface area contributed by atoms with Crippen molar-refractivity contribution in [1.82, 2.24) is 5.43 Å². The van der Waals surface area contributed by atoms with E-state index in [1.807, 2.05) is 80.6 Å². The van der Waals surface area contributed by atoms with Gasteiger partial charge in [0.1, 0.15) is 24.0 Å². The largest absolute Gasteiger partial charge is 0.497 e. The van der Waals surface area contributed by atoms with Crippen LogP contribution in [-0.2, 0) is 16.2 Å². The van der Waals surface area contributed by atoms with E-state index in [4.69, 9.17) is 9.47 Å². The average molecular weight is 510 g/mol. The standard InChI is InChI=1S/C31H31N3O4/c1-21(2)29(30(35)33-24-14-16-25(37-3)17-15-24)31(36)34-32-19-27-26-12-8-7-11-23(26)13-18-28(27)38-20-22-9-5-4-6-10-22/h4-19,21,29H,20H2,1-3H3,(H,33,35)(H,34,36). The predicted octanol–water partition coefficient (Wildman–Crippen LogP) is 5.79. The molecule has 2 amide bonds. The van der Waals surface area contributed by atoms with Crippen LogP contribution in [0.5, 0.6) is 11.5 Å². The summed E-state index contributed by atoms with van der Waals surface area (Å²) in [6.45, 7) is 4.04. The van der Waals surface area contributed by atoms with Crippen LogP contribution in [0, 0.1) is 11.8 Å². The molecule has 1 atom stereocenters. The number of hydrogen-bond donors (Lipinski definition) is 2. The molecule has 1 unspecified atom stereocenters. The van der Waals surface area contributed by atoms with Crippen molar-refractivity contribution in [2.45, 2.75) is 20.5 Å². The first-order valence-corrected chi connectivity index (χ1v) is 12.4. The minimum atomic E-state index is -0.935. The Hall–Kier alpha value is -4.65. The fourth-order valence-corrected chi connectivity index (χ4v) is 4.12. The number of ether oxygens (including phenoxy) is 2. The van der Waals surface area contributed by atoms with Gasteiger partial charge >= 0.3 is 0 Å². The van der Waals surface area contributed by atoms with E-state index >= 15 is 0 Å². The van der Waals surface area contributed by atoms with Gasteiger partial charge in [-0.1, -0.05) is 74.5 Å². The maximum atomic E-state index is 13.0. The molecule has 0 aliphatic rings. The van der Waals surface area contributed by atoms with Gasteiger partial charge in [-0.15, -0.1) is 0 Å². The fraction of sp³-hybridized carbons (Fsp3) is 0.194. The molecule has 0 aliphatic carbocycles. The van der Waals surface area contributed by atoms with Crippen LogP contribution < -0.4 is 20.2 Å². The smallest absolute Gasteiger partial charge is 0.252 e. The first-order chi connectivity index (χ1) is 18.5. The molecule has 4 rings (SSSR count). The van der Waals surface area contributed by atoms with Crippen LogP contribution in [0.15, 0.2) is 96.1 Å². The zero-order valence-corrected chi connectivity index (χ0v) is 21.7. The van der Waals surface area contributed by atoms with Gasteiger partial charge in [0, 0.05) is 11.3 Å². The monoisotopic (exact) mass is 509 g/mol. The molecule has 4 aromatic rings. The second-order valence-electron chi connectivity index (χ2n) is 9.15. The van der Waals surface area contributed by atoms with Crippen molar-refractivity contribution in [3.05, 3.63) is 102 Å². The van der Waals surface area contributed by atoms with Crippen molar-refractivity contribution in [3.8, 4) is 11.5 Å². The summed E-state index contributed by atoms with van der Waals surface area (Å²) in [5.74, 6) is -0.759. The van der Waals surface area contributed by atoms with Gasteiger partial charge in [-0.2, -0.15) is 5.10 Å². The normalized spacial score (nSPS) is 11.9. The fourth-order valence-electron chi connectivity index (χ4n) is 4.12. The third kappa shape index (κ3) is 6.56. The number of hydrazone groups is 1. The molecule has 2 N–H and O–H groups in total. The molecule has 4 aromatic carbocycles. The second-order valence-corrected chi connectivity index (χ2v) is 9.15. The molecule has 0 saturated heterocycles. The molecule has 0 fully saturated rings. The number of fused-ring (bicyclic) bond motifs is 1. The number of amides is 2. The van der Waals surface area contributed by atoms with Gasteiger partial charge in [-0.3, -0.25) is 9.59 Å². The highest BCUT2D eigenvalue weighted by Gasteiger charge is 2.30. The Morgan fingerprint density at radius 2 is 1.58 bits per heavy atom. The van der Waals surface area contributed by atoms with Gasteiger partial charge < -0.3 is 14.8 Å². The van der Waals surface area contributed by atoms with E-state index in [0.717, 1.165) is 21.9 Å². The molecule has 0 radical (unpaired) electrons. The Balaban J connectivity index is 1.50. The van der Waals surface area contributed by atoms with E-state index in [1.54, 1.807) is 37.6 Å². The third-order valence-electron chi connectivity index (χ3n) is 6.13. The Morgan fingerprint density at radius 1 is 0.868 bits per heavy atom. The molecule has 194 valence electrons. The highest BCUT2D eigenvalue weighted by Crippen LogP contribution is 2.27. The van der Waals surface area contributed by atoms with Crippen molar-refractivity contribution in [2.24, 2.45) is 16.9 Å². The van der Waals surface area contributed by atoms with Crippen LogP contribution in [0.1, 0.15) is 25.0 Å². The number of anilines is 1. The van der Waals surface area contributed by atoms with E-state index in [9.17, 15) is 9.59 Å². The lowest BCUT2D eigenvalue weighted by atomic mass is 9.94. The molecule has 0 heterocycles. The van der Waals surface area contributed by atoms with E-state index in [2.05, 4.69) is 15.8 Å². The maximum absolute atomic E-state index is 13.0. The first kappa shape index (κ1) is 26.4. The van der Waals surface area contributed by atoms with Gasteiger partial charge in [0.15, 0.2) is 0 Å². The molecule has 7 nitrogen and oxygen atoms in total. The van der Waals surface area contributed by atoms with Crippen LogP contribution in [0.3, 0.4) is 0 Å². The summed E-state index contributed by atoms with van der Waals surface area (Å²) in [6.07, 6.45) is 1.57. The molecular formula is C31H31N3O4. The van der Waals surface area contributed by atoms with Crippen LogP contribution in [0.4, 0.5) is 5.69 Å². The van der Waals surface area contributed by atoms with Crippen molar-refractivity contribution in [3.63, 3.8) is 0 Å². The summed E-state index contributed by atoms with van der Waals surface area (Å²) >= 11 is 0. The Bertz CT molecular complexity index is 1420. The average Bonchev–Trinajstić information content (AvgIpc) is 2.93. The summed E-state index contributed by atoms with van der Waals surface area (Å²) in [5, 5.41) is 8.98. The summed E-state index contributed by atoms with van der Waals surface area (Å²) in [5.41, 5.74) is 4.92. The molecule has 0 spiro atoms. The Labute approximate surface area is 222 Å². The summed E-state index contributed by atoms with van der Waals surface area (Å²) in [6, 6.07) is 28.6. The second kappa shape index (κ2) is 12.5. The number of nitrogens with one attached hydrogen (secondary N) is 2. The number of carbonyl (C=O) groups is 2. The van der Waals surface area contributed by atoms with Crippen molar-refractivity contribution < 1.29 is 19.1 Å². The summed E-state index contributed by atoms with van der Waals surface area (Å²) in [4.78, 5) is 26.0. The van der Waals surface area contributed by atoms with Gasteiger partial charge in [0.2, 0.25) is 5.91 Å². The summed E-state index contributed by atoms with van der Waals surface area (Å²) in [7, 11) is 1.57. The number of carbonyl (C=O) groups excluding carboxylic acids is 2. The Kier molecular flexibility index (Phi) is 8.72. The SMILES string of the molecule is COc1ccc(NC(=O)C(C(=O)NN=Cc2c(OCc3ccccc3)ccc3ccccc23)C(C)C)cc1. The third-order valence-corrected chi connectivity index (χ3v) is 6.13. The molecule has 0 bridgehead atoms. The maximum Gasteiger partial charge on any atom is 0.252 e. The Morgan fingerprint density at radius 3 is 2.29 bits per heavy atom. The van der Waals surface area contributed by atoms with Crippen LogP contribution in [0.2, 0.25) is 0 Å². The minimum absolute atomic E-state index is 0.245. The van der Waals surface area contributed by atoms with E-state index in [0.29, 0.717) is 23.8 Å².